The lowest BCUT2D eigenvalue weighted by atomic mass is 10.3. The molecule has 1 N–H and O–H groups in total. The molecule has 0 atom stereocenters. The van der Waals surface area contributed by atoms with E-state index in [-0.39, 0.29) is 0 Å². The lowest BCUT2D eigenvalue weighted by molar-refractivity contribution is 1.08. The highest BCUT2D eigenvalue weighted by Gasteiger charge is 2.03. The molecule has 0 radical (unpaired) electrons. The number of nitrogens with zero attached hydrogens (tertiary/aromatic N) is 1. The topological polar surface area (TPSA) is 28.7 Å². The number of fused-ring (bicyclic) bond motifs is 1. The molecule has 0 aliphatic carbocycles. The van der Waals surface area contributed by atoms with Crippen molar-refractivity contribution in [1.82, 2.24) is 9.97 Å². The van der Waals surface area contributed by atoms with Gasteiger partial charge in [0.05, 0.1) is 11.0 Å². The van der Waals surface area contributed by atoms with E-state index < -0.39 is 0 Å². The number of aromatic nitrogens is 2. The number of hydrogen-bond acceptors (Lipinski definition) is 2. The van der Waals surface area contributed by atoms with Crippen molar-refractivity contribution < 1.29 is 0 Å². The van der Waals surface area contributed by atoms with Gasteiger partial charge in [-0.1, -0.05) is 45.9 Å². The van der Waals surface area contributed by atoms with Crippen LogP contribution in [0.4, 0.5) is 0 Å². The molecule has 5 heteroatoms. The maximum absolute atomic E-state index is 5.88. The van der Waals surface area contributed by atoms with E-state index in [2.05, 4.69) is 32.5 Å². The molecule has 1 aromatic carbocycles. The van der Waals surface area contributed by atoms with Crippen molar-refractivity contribution in [1.29, 1.82) is 0 Å². The van der Waals surface area contributed by atoms with Gasteiger partial charge in [0.1, 0.15) is 0 Å². The zero-order chi connectivity index (χ0) is 10.8. The number of thioether (sulfide) groups is 1. The number of H-pyrrole nitrogens is 1. The first-order valence-corrected chi connectivity index (χ1v) is 6.42. The molecule has 0 spiro atoms. The summed E-state index contributed by atoms with van der Waals surface area (Å²) in [6, 6.07) is 5.61. The van der Waals surface area contributed by atoms with Crippen LogP contribution in [-0.4, -0.2) is 15.7 Å². The zero-order valence-corrected chi connectivity index (χ0v) is 10.9. The molecule has 0 saturated carbocycles. The smallest absolute Gasteiger partial charge is 0.166 e. The van der Waals surface area contributed by atoms with Gasteiger partial charge in [-0.25, -0.2) is 4.98 Å². The van der Waals surface area contributed by atoms with Crippen molar-refractivity contribution >= 4 is 50.3 Å². The molecule has 2 aromatic rings. The summed E-state index contributed by atoms with van der Waals surface area (Å²) in [5, 5.41) is 1.60. The quantitative estimate of drug-likeness (QED) is 0.860. The monoisotopic (exact) mass is 302 g/mol. The van der Waals surface area contributed by atoms with Crippen molar-refractivity contribution in [2.24, 2.45) is 0 Å². The highest BCUT2D eigenvalue weighted by molar-refractivity contribution is 9.11. The number of rotatable bonds is 3. The molecule has 2 rings (SSSR count). The van der Waals surface area contributed by atoms with Gasteiger partial charge in [-0.2, -0.15) is 0 Å². The number of nitrogens with one attached hydrogen (secondary N) is 1. The Morgan fingerprint density at radius 3 is 3.13 bits per heavy atom. The van der Waals surface area contributed by atoms with Crippen molar-refractivity contribution in [2.45, 2.75) is 5.16 Å². The van der Waals surface area contributed by atoms with Gasteiger partial charge >= 0.3 is 0 Å². The predicted molar refractivity (Wildman–Crippen MR) is 69.9 cm³/mol. The Hall–Kier alpha value is -0.450. The second-order valence-corrected chi connectivity index (χ2v) is 5.53. The maximum Gasteiger partial charge on any atom is 0.166 e. The van der Waals surface area contributed by atoms with Crippen LogP contribution in [0.2, 0.25) is 5.02 Å². The van der Waals surface area contributed by atoms with Crippen molar-refractivity contribution in [3.8, 4) is 0 Å². The number of imidazole rings is 1. The molecular formula is C10H8BrClN2S. The molecular weight excluding hydrogens is 296 g/mol. The lowest BCUT2D eigenvalue weighted by Crippen LogP contribution is -1.78. The molecule has 0 amide bonds. The number of aromatic amines is 1. The fourth-order valence-electron chi connectivity index (χ4n) is 1.17. The Bertz CT molecular complexity index is 509. The summed E-state index contributed by atoms with van der Waals surface area (Å²) in [4.78, 5) is 7.61. The minimum Gasteiger partial charge on any atom is -0.333 e. The van der Waals surface area contributed by atoms with Gasteiger partial charge in [-0.05, 0) is 22.7 Å². The van der Waals surface area contributed by atoms with Crippen LogP contribution in [-0.2, 0) is 0 Å². The Labute approximate surface area is 105 Å². The maximum atomic E-state index is 5.88. The number of benzene rings is 1. The third-order valence-electron chi connectivity index (χ3n) is 1.79. The van der Waals surface area contributed by atoms with E-state index in [4.69, 9.17) is 11.6 Å². The Morgan fingerprint density at radius 2 is 2.40 bits per heavy atom. The SMILES string of the molecule is C=C(Br)CSc1nc2ccc(Cl)cc2[nH]1. The van der Waals surface area contributed by atoms with E-state index in [1.807, 2.05) is 18.2 Å². The van der Waals surface area contributed by atoms with Gasteiger partial charge in [0.15, 0.2) is 5.16 Å². The fourth-order valence-corrected chi connectivity index (χ4v) is 2.33. The average molecular weight is 304 g/mol. The molecule has 0 aliphatic rings. The van der Waals surface area contributed by atoms with Gasteiger partial charge < -0.3 is 4.98 Å². The Morgan fingerprint density at radius 1 is 1.60 bits per heavy atom. The molecule has 78 valence electrons. The fraction of sp³-hybridized carbons (Fsp3) is 0.100. The molecule has 2 nitrogen and oxygen atoms in total. The zero-order valence-electron chi connectivity index (χ0n) is 7.76. The van der Waals surface area contributed by atoms with Crippen molar-refractivity contribution in [2.75, 3.05) is 5.75 Å². The van der Waals surface area contributed by atoms with Gasteiger partial charge in [0.2, 0.25) is 0 Å². The summed E-state index contributed by atoms with van der Waals surface area (Å²) in [7, 11) is 0. The summed E-state index contributed by atoms with van der Waals surface area (Å²) < 4.78 is 0.950. The van der Waals surface area contributed by atoms with Crippen LogP contribution in [0.1, 0.15) is 0 Å². The van der Waals surface area contributed by atoms with E-state index in [1.165, 1.54) is 0 Å². The van der Waals surface area contributed by atoms with Crippen LogP contribution in [0.25, 0.3) is 11.0 Å². The Kier molecular flexibility index (Phi) is 3.38. The molecule has 1 aromatic heterocycles. The van der Waals surface area contributed by atoms with Gasteiger partial charge in [0.25, 0.3) is 0 Å². The third kappa shape index (κ3) is 2.77. The minimum absolute atomic E-state index is 0.715. The molecule has 15 heavy (non-hydrogen) atoms. The standard InChI is InChI=1S/C10H8BrClN2S/c1-6(11)5-15-10-13-8-3-2-7(12)4-9(8)14-10/h2-4H,1,5H2,(H,13,14). The average Bonchev–Trinajstić information content (AvgIpc) is 2.56. The summed E-state index contributed by atoms with van der Waals surface area (Å²) in [6.07, 6.45) is 0. The van der Waals surface area contributed by atoms with Crippen LogP contribution < -0.4 is 0 Å². The van der Waals surface area contributed by atoms with Crippen molar-refractivity contribution in [3.63, 3.8) is 0 Å². The van der Waals surface area contributed by atoms with E-state index >= 15 is 0 Å². The third-order valence-corrected chi connectivity index (χ3v) is 3.63. The first-order chi connectivity index (χ1) is 7.15. The van der Waals surface area contributed by atoms with E-state index in [1.54, 1.807) is 11.8 Å². The highest BCUT2D eigenvalue weighted by Crippen LogP contribution is 2.24. The first-order valence-electron chi connectivity index (χ1n) is 4.26. The van der Waals surface area contributed by atoms with E-state index in [9.17, 15) is 0 Å². The van der Waals surface area contributed by atoms with Crippen LogP contribution in [0, 0.1) is 0 Å². The van der Waals surface area contributed by atoms with Gasteiger partial charge in [0, 0.05) is 10.8 Å². The molecule has 0 bridgehead atoms. The summed E-state index contributed by atoms with van der Waals surface area (Å²) in [5.41, 5.74) is 1.90. The first kappa shape index (κ1) is 11.0. The minimum atomic E-state index is 0.715. The number of halogens is 2. The second-order valence-electron chi connectivity index (χ2n) is 3.01. The molecule has 0 unspecified atom stereocenters. The van der Waals surface area contributed by atoms with Crippen molar-refractivity contribution in [3.05, 3.63) is 34.3 Å². The van der Waals surface area contributed by atoms with E-state index in [0.717, 1.165) is 26.4 Å². The predicted octanol–water partition coefficient (Wildman–Crippen LogP) is 4.22. The van der Waals surface area contributed by atoms with Crippen LogP contribution in [0.15, 0.2) is 34.4 Å². The normalized spacial score (nSPS) is 10.8. The second kappa shape index (κ2) is 4.60. The lowest BCUT2D eigenvalue weighted by Gasteiger charge is -1.92. The van der Waals surface area contributed by atoms with Crippen LogP contribution in [0.3, 0.4) is 0 Å². The summed E-state index contributed by atoms with van der Waals surface area (Å²) >= 11 is 10.8. The van der Waals surface area contributed by atoms with E-state index in [0.29, 0.717) is 5.02 Å². The number of hydrogen-bond donors (Lipinski definition) is 1. The molecule has 0 fully saturated rings. The van der Waals surface area contributed by atoms with Crippen LogP contribution >= 0.6 is 39.3 Å². The summed E-state index contributed by atoms with van der Waals surface area (Å²) in [5.74, 6) is 0.799. The Balaban J connectivity index is 2.27. The molecule has 0 aliphatic heterocycles. The molecule has 0 saturated heterocycles. The van der Waals surface area contributed by atoms with Gasteiger partial charge in [-0.15, -0.1) is 0 Å². The highest BCUT2D eigenvalue weighted by atomic mass is 79.9. The van der Waals surface area contributed by atoms with Crippen LogP contribution in [0.5, 0.6) is 0 Å². The largest absolute Gasteiger partial charge is 0.333 e. The summed E-state index contributed by atoms with van der Waals surface area (Å²) in [6.45, 7) is 3.77. The molecule has 1 heterocycles. The van der Waals surface area contributed by atoms with Gasteiger partial charge in [-0.3, -0.25) is 0 Å².